The van der Waals surface area contributed by atoms with Crippen LogP contribution < -0.4 is 10.2 Å². The molecule has 0 rings (SSSR count). The Morgan fingerprint density at radius 2 is 1.00 bits per heavy atom. The van der Waals surface area contributed by atoms with Crippen molar-refractivity contribution in [2.45, 2.75) is 79.1 Å². The van der Waals surface area contributed by atoms with E-state index in [9.17, 15) is 19.8 Å². The van der Waals surface area contributed by atoms with Crippen molar-refractivity contribution in [2.75, 3.05) is 0 Å². The Hall–Kier alpha value is -0.957. The van der Waals surface area contributed by atoms with Gasteiger partial charge in [0, 0.05) is 0 Å². The SMILES string of the molecule is CCC/C=C(\CCC)C(=O)[O-].CCC/C=C(\CCC)C(=O)[O-].[Zn+2]. The second kappa shape index (κ2) is 19.1. The monoisotopic (exact) mass is 374 g/mol. The zero-order valence-corrected chi connectivity index (χ0v) is 18.1. The number of allylic oxidation sites excluding steroid dienone is 2. The van der Waals surface area contributed by atoms with E-state index >= 15 is 0 Å². The Balaban J connectivity index is -0.000000333. The third kappa shape index (κ3) is 17.2. The van der Waals surface area contributed by atoms with Crippen molar-refractivity contribution < 1.29 is 39.3 Å². The molecule has 0 saturated carbocycles. The Morgan fingerprint density at radius 1 is 0.696 bits per heavy atom. The summed E-state index contributed by atoms with van der Waals surface area (Å²) in [5.41, 5.74) is 0.906. The summed E-state index contributed by atoms with van der Waals surface area (Å²) >= 11 is 0. The van der Waals surface area contributed by atoms with Crippen LogP contribution in [0.3, 0.4) is 0 Å². The normalized spacial score (nSPS) is 11.1. The first kappa shape index (κ1) is 26.9. The molecular formula is C18H30O4Zn. The van der Waals surface area contributed by atoms with Crippen LogP contribution in [0.15, 0.2) is 23.3 Å². The molecule has 0 N–H and O–H groups in total. The third-order valence-corrected chi connectivity index (χ3v) is 2.92. The number of aliphatic carboxylic acids is 2. The van der Waals surface area contributed by atoms with Gasteiger partial charge in [-0.3, -0.25) is 0 Å². The molecule has 0 fully saturated rings. The van der Waals surface area contributed by atoms with Gasteiger partial charge < -0.3 is 19.8 Å². The van der Waals surface area contributed by atoms with Crippen molar-refractivity contribution >= 4 is 11.9 Å². The number of carbonyl (C=O) groups is 2. The van der Waals surface area contributed by atoms with Gasteiger partial charge in [-0.2, -0.15) is 0 Å². The van der Waals surface area contributed by atoms with Crippen LogP contribution in [-0.2, 0) is 29.1 Å². The maximum Gasteiger partial charge on any atom is 2.00 e. The summed E-state index contributed by atoms with van der Waals surface area (Å²) in [4.78, 5) is 20.8. The van der Waals surface area contributed by atoms with Crippen LogP contribution in [0.4, 0.5) is 0 Å². The quantitative estimate of drug-likeness (QED) is 0.434. The molecule has 23 heavy (non-hydrogen) atoms. The van der Waals surface area contributed by atoms with Crippen LogP contribution in [0.1, 0.15) is 79.1 Å². The minimum atomic E-state index is -1.01. The fourth-order valence-electron chi connectivity index (χ4n) is 1.75. The number of carboxylic acids is 2. The van der Waals surface area contributed by atoms with E-state index < -0.39 is 11.9 Å². The maximum atomic E-state index is 10.4. The number of carboxylic acid groups (broad SMARTS) is 2. The van der Waals surface area contributed by atoms with E-state index in [-0.39, 0.29) is 19.5 Å². The average Bonchev–Trinajstić information content (AvgIpc) is 2.48. The largest absolute Gasteiger partial charge is 2.00 e. The summed E-state index contributed by atoms with van der Waals surface area (Å²) in [6.07, 6.45) is 10.2. The second-order valence-electron chi connectivity index (χ2n) is 5.11. The van der Waals surface area contributed by atoms with E-state index in [1.165, 1.54) is 0 Å². The van der Waals surface area contributed by atoms with Gasteiger partial charge in [-0.25, -0.2) is 0 Å². The Bertz CT molecular complexity index is 337. The van der Waals surface area contributed by atoms with Crippen LogP contribution in [0.2, 0.25) is 0 Å². The molecule has 0 bridgehead atoms. The van der Waals surface area contributed by atoms with Gasteiger partial charge in [-0.1, -0.05) is 65.5 Å². The molecule has 0 aromatic heterocycles. The summed E-state index contributed by atoms with van der Waals surface area (Å²) in [5.74, 6) is -2.03. The van der Waals surface area contributed by atoms with Gasteiger partial charge in [0.1, 0.15) is 0 Å². The van der Waals surface area contributed by atoms with Gasteiger partial charge in [0.15, 0.2) is 0 Å². The summed E-state index contributed by atoms with van der Waals surface area (Å²) in [5, 5.41) is 20.8. The first-order valence-corrected chi connectivity index (χ1v) is 8.25. The zero-order valence-electron chi connectivity index (χ0n) is 15.2. The molecule has 0 aliphatic heterocycles. The molecule has 0 heterocycles. The smallest absolute Gasteiger partial charge is 0.545 e. The molecule has 0 aliphatic rings. The van der Waals surface area contributed by atoms with Crippen molar-refractivity contribution in [3.05, 3.63) is 23.3 Å². The second-order valence-corrected chi connectivity index (χ2v) is 5.11. The number of hydrogen-bond acceptors (Lipinski definition) is 4. The average molecular weight is 376 g/mol. The number of rotatable bonds is 10. The van der Waals surface area contributed by atoms with E-state index in [4.69, 9.17) is 0 Å². The molecule has 5 heteroatoms. The van der Waals surface area contributed by atoms with Crippen LogP contribution in [-0.4, -0.2) is 11.9 Å². The molecule has 128 valence electrons. The predicted molar refractivity (Wildman–Crippen MR) is 85.8 cm³/mol. The van der Waals surface area contributed by atoms with Crippen LogP contribution in [0.5, 0.6) is 0 Å². The van der Waals surface area contributed by atoms with Crippen molar-refractivity contribution in [1.82, 2.24) is 0 Å². The molecule has 0 unspecified atom stereocenters. The third-order valence-electron chi connectivity index (χ3n) is 2.92. The standard InChI is InChI=1S/2C9H16O2.Zn/c2*1-3-5-7-8(6-4-2)9(10)11;/h2*7H,3-6H2,1-2H3,(H,10,11);/q;;+2/p-2/b2*8-7+;. The fraction of sp³-hybridized carbons (Fsp3) is 0.667. The molecule has 0 saturated heterocycles. The van der Waals surface area contributed by atoms with Crippen molar-refractivity contribution in [1.29, 1.82) is 0 Å². The minimum absolute atomic E-state index is 0. The van der Waals surface area contributed by atoms with Crippen LogP contribution in [0, 0.1) is 0 Å². The summed E-state index contributed by atoms with van der Waals surface area (Å²) in [6.45, 7) is 7.97. The summed E-state index contributed by atoms with van der Waals surface area (Å²) < 4.78 is 0. The predicted octanol–water partition coefficient (Wildman–Crippen LogP) is 2.52. The number of carbonyl (C=O) groups excluding carboxylic acids is 2. The van der Waals surface area contributed by atoms with E-state index in [1.807, 2.05) is 27.7 Å². The molecule has 0 spiro atoms. The van der Waals surface area contributed by atoms with Gasteiger partial charge in [0.05, 0.1) is 11.9 Å². The minimum Gasteiger partial charge on any atom is -0.545 e. The zero-order chi connectivity index (χ0) is 17.4. The number of unbranched alkanes of at least 4 members (excludes halogenated alkanes) is 2. The number of hydrogen-bond donors (Lipinski definition) is 0. The van der Waals surface area contributed by atoms with Gasteiger partial charge in [-0.15, -0.1) is 0 Å². The first-order valence-electron chi connectivity index (χ1n) is 8.25. The van der Waals surface area contributed by atoms with E-state index in [0.717, 1.165) is 38.5 Å². The van der Waals surface area contributed by atoms with Crippen molar-refractivity contribution in [3.8, 4) is 0 Å². The van der Waals surface area contributed by atoms with E-state index in [2.05, 4.69) is 0 Å². The fourth-order valence-corrected chi connectivity index (χ4v) is 1.75. The molecular weight excluding hydrogens is 346 g/mol. The van der Waals surface area contributed by atoms with Gasteiger partial charge in [-0.05, 0) is 36.8 Å². The van der Waals surface area contributed by atoms with Crippen LogP contribution in [0.25, 0.3) is 0 Å². The van der Waals surface area contributed by atoms with E-state index in [0.29, 0.717) is 24.0 Å². The first-order chi connectivity index (χ1) is 10.4. The van der Waals surface area contributed by atoms with Gasteiger partial charge >= 0.3 is 19.5 Å². The molecule has 0 aromatic rings. The van der Waals surface area contributed by atoms with Crippen LogP contribution >= 0.6 is 0 Å². The molecule has 0 aliphatic carbocycles. The molecule has 0 aromatic carbocycles. The van der Waals surface area contributed by atoms with Crippen molar-refractivity contribution in [2.24, 2.45) is 0 Å². The molecule has 0 atom stereocenters. The molecule has 0 radical (unpaired) electrons. The van der Waals surface area contributed by atoms with Gasteiger partial charge in [0.25, 0.3) is 0 Å². The van der Waals surface area contributed by atoms with Crippen molar-refractivity contribution in [3.63, 3.8) is 0 Å². The Morgan fingerprint density at radius 3 is 1.17 bits per heavy atom. The summed E-state index contributed by atoms with van der Waals surface area (Å²) in [7, 11) is 0. The molecule has 4 nitrogen and oxygen atoms in total. The Kier molecular flexibility index (Phi) is 22.3. The van der Waals surface area contributed by atoms with E-state index in [1.54, 1.807) is 12.2 Å². The van der Waals surface area contributed by atoms with Gasteiger partial charge in [0.2, 0.25) is 0 Å². The summed E-state index contributed by atoms with van der Waals surface area (Å²) in [6, 6.07) is 0. The maximum absolute atomic E-state index is 10.4. The molecule has 0 amide bonds. The topological polar surface area (TPSA) is 80.3 Å². The Labute approximate surface area is 153 Å².